The minimum atomic E-state index is -0.577. The Morgan fingerprint density at radius 3 is 1.73 bits per heavy atom. The number of ether oxygens (including phenoxy) is 2. The third-order valence-corrected chi connectivity index (χ3v) is 8.66. The van der Waals surface area contributed by atoms with Gasteiger partial charge < -0.3 is 14.4 Å². The Bertz CT molecular complexity index is 1750. The number of hydrogen-bond acceptors (Lipinski definition) is 5. The maximum absolute atomic E-state index is 12.3. The standard InChI is InChI=1S/C39H39NO4/c1-9-37(41)43-27(7)33-17-18-35-34-16-15-32(21-29(34)22-36(35)39(33)28(8)44-38(42)10-2)40(30-13-11-23(3)25(5)19-30)31-14-12-24(4)26(6)20-31/h9-21,27-28H,1-2,22H2,3-8H3. The predicted octanol–water partition coefficient (Wildman–Crippen LogP) is 9.54. The molecular formula is C39H39NO4. The fourth-order valence-electron chi connectivity index (χ4n) is 6.02. The van der Waals surface area contributed by atoms with Crippen molar-refractivity contribution in [2.75, 3.05) is 4.90 Å². The smallest absolute Gasteiger partial charge is 0.330 e. The van der Waals surface area contributed by atoms with E-state index in [0.29, 0.717) is 6.42 Å². The van der Waals surface area contributed by atoms with Crippen LogP contribution in [0.2, 0.25) is 0 Å². The quantitative estimate of drug-likeness (QED) is 0.127. The van der Waals surface area contributed by atoms with E-state index in [1.807, 2.05) is 19.9 Å². The molecule has 5 nitrogen and oxygen atoms in total. The zero-order valence-electron chi connectivity index (χ0n) is 26.4. The summed E-state index contributed by atoms with van der Waals surface area (Å²) in [5.74, 6) is -1.02. The molecule has 0 amide bonds. The van der Waals surface area contributed by atoms with Crippen LogP contribution in [0.5, 0.6) is 0 Å². The first kappa shape index (κ1) is 30.6. The molecule has 2 atom stereocenters. The van der Waals surface area contributed by atoms with Gasteiger partial charge in [-0.3, -0.25) is 0 Å². The van der Waals surface area contributed by atoms with Crippen LogP contribution in [0.4, 0.5) is 17.1 Å². The number of esters is 2. The molecule has 0 N–H and O–H groups in total. The van der Waals surface area contributed by atoms with Gasteiger partial charge in [-0.25, -0.2) is 9.59 Å². The Morgan fingerprint density at radius 1 is 0.682 bits per heavy atom. The van der Waals surface area contributed by atoms with Crippen molar-refractivity contribution < 1.29 is 19.1 Å². The number of rotatable bonds is 9. The monoisotopic (exact) mass is 585 g/mol. The Kier molecular flexibility index (Phi) is 8.59. The molecule has 4 aromatic rings. The highest BCUT2D eigenvalue weighted by Crippen LogP contribution is 2.46. The predicted molar refractivity (Wildman–Crippen MR) is 178 cm³/mol. The van der Waals surface area contributed by atoms with E-state index in [1.54, 1.807) is 0 Å². The highest BCUT2D eigenvalue weighted by atomic mass is 16.5. The molecule has 4 aromatic carbocycles. The number of hydrogen-bond donors (Lipinski definition) is 0. The van der Waals surface area contributed by atoms with Crippen LogP contribution in [-0.4, -0.2) is 11.9 Å². The van der Waals surface area contributed by atoms with Crippen molar-refractivity contribution in [3.8, 4) is 11.1 Å². The molecule has 0 aromatic heterocycles. The van der Waals surface area contributed by atoms with E-state index in [9.17, 15) is 9.59 Å². The lowest BCUT2D eigenvalue weighted by atomic mass is 9.90. The van der Waals surface area contributed by atoms with Crippen molar-refractivity contribution in [2.45, 2.75) is 60.2 Å². The van der Waals surface area contributed by atoms with Gasteiger partial charge in [0.2, 0.25) is 0 Å². The number of nitrogens with zero attached hydrogens (tertiary/aromatic N) is 1. The van der Waals surface area contributed by atoms with Gasteiger partial charge in [-0.15, -0.1) is 0 Å². The summed E-state index contributed by atoms with van der Waals surface area (Å²) in [6.07, 6.45) is 1.82. The van der Waals surface area contributed by atoms with Crippen LogP contribution in [0.3, 0.4) is 0 Å². The first-order valence-electron chi connectivity index (χ1n) is 14.9. The average molecular weight is 586 g/mol. The Balaban J connectivity index is 1.62. The Hall–Kier alpha value is -4.90. The molecule has 5 heteroatoms. The molecule has 0 radical (unpaired) electrons. The number of fused-ring (bicyclic) bond motifs is 3. The SMILES string of the molecule is C=CC(=O)OC(C)c1ccc2c(c1C(C)OC(=O)C=C)Cc1cc(N(c3ccc(C)c(C)c3)c3ccc(C)c(C)c3)ccc1-2. The van der Waals surface area contributed by atoms with E-state index in [1.165, 1.54) is 27.8 Å². The number of benzene rings is 4. The van der Waals surface area contributed by atoms with Gasteiger partial charge in [0, 0.05) is 34.8 Å². The number of carbonyl (C=O) groups excluding carboxylic acids is 2. The molecule has 2 unspecified atom stereocenters. The van der Waals surface area contributed by atoms with Gasteiger partial charge in [-0.05, 0) is 134 Å². The number of anilines is 3. The maximum atomic E-state index is 12.3. The molecule has 0 fully saturated rings. The lowest BCUT2D eigenvalue weighted by molar-refractivity contribution is -0.144. The second kappa shape index (κ2) is 12.4. The van der Waals surface area contributed by atoms with Crippen molar-refractivity contribution in [3.63, 3.8) is 0 Å². The zero-order valence-corrected chi connectivity index (χ0v) is 26.4. The second-order valence-electron chi connectivity index (χ2n) is 11.6. The summed E-state index contributed by atoms with van der Waals surface area (Å²) in [6, 6.07) is 23.8. The molecule has 0 spiro atoms. The van der Waals surface area contributed by atoms with Crippen LogP contribution >= 0.6 is 0 Å². The molecule has 5 rings (SSSR count). The minimum absolute atomic E-state index is 0.507. The molecule has 1 aliphatic rings. The van der Waals surface area contributed by atoms with Gasteiger partial charge in [0.25, 0.3) is 0 Å². The van der Waals surface area contributed by atoms with E-state index in [2.05, 4.69) is 106 Å². The largest absolute Gasteiger partial charge is 0.455 e. The molecule has 1 aliphatic carbocycles. The summed E-state index contributed by atoms with van der Waals surface area (Å²) < 4.78 is 11.3. The summed E-state index contributed by atoms with van der Waals surface area (Å²) in [5, 5.41) is 0. The fraction of sp³-hybridized carbons (Fsp3) is 0.231. The van der Waals surface area contributed by atoms with E-state index >= 15 is 0 Å². The highest BCUT2D eigenvalue weighted by molar-refractivity contribution is 5.85. The summed E-state index contributed by atoms with van der Waals surface area (Å²) in [5.41, 5.74) is 14.3. The van der Waals surface area contributed by atoms with Crippen LogP contribution in [0.1, 0.15) is 70.6 Å². The van der Waals surface area contributed by atoms with Gasteiger partial charge in [-0.1, -0.05) is 43.5 Å². The zero-order chi connectivity index (χ0) is 31.7. The van der Waals surface area contributed by atoms with Crippen molar-refractivity contribution in [3.05, 3.63) is 137 Å². The van der Waals surface area contributed by atoms with Crippen LogP contribution in [-0.2, 0) is 25.5 Å². The van der Waals surface area contributed by atoms with Gasteiger partial charge in [0.05, 0.1) is 0 Å². The van der Waals surface area contributed by atoms with Crippen LogP contribution in [0.15, 0.2) is 92.0 Å². The number of carbonyl (C=O) groups is 2. The summed E-state index contributed by atoms with van der Waals surface area (Å²) in [7, 11) is 0. The van der Waals surface area contributed by atoms with Gasteiger partial charge in [0.1, 0.15) is 12.2 Å². The van der Waals surface area contributed by atoms with Crippen molar-refractivity contribution in [1.29, 1.82) is 0 Å². The molecule has 0 aliphatic heterocycles. The minimum Gasteiger partial charge on any atom is -0.455 e. The highest BCUT2D eigenvalue weighted by Gasteiger charge is 2.30. The van der Waals surface area contributed by atoms with Gasteiger partial charge in [0.15, 0.2) is 0 Å². The lowest BCUT2D eigenvalue weighted by Gasteiger charge is -2.27. The van der Waals surface area contributed by atoms with E-state index in [0.717, 1.165) is 57.0 Å². The molecule has 0 bridgehead atoms. The van der Waals surface area contributed by atoms with E-state index in [4.69, 9.17) is 9.47 Å². The van der Waals surface area contributed by atoms with Crippen LogP contribution < -0.4 is 4.90 Å². The molecule has 0 saturated carbocycles. The van der Waals surface area contributed by atoms with Crippen molar-refractivity contribution >= 4 is 29.0 Å². The van der Waals surface area contributed by atoms with Crippen molar-refractivity contribution in [2.24, 2.45) is 0 Å². The van der Waals surface area contributed by atoms with Gasteiger partial charge in [-0.2, -0.15) is 0 Å². The van der Waals surface area contributed by atoms with Crippen molar-refractivity contribution in [1.82, 2.24) is 0 Å². The molecule has 224 valence electrons. The molecule has 0 heterocycles. The summed E-state index contributed by atoms with van der Waals surface area (Å²) >= 11 is 0. The molecule has 44 heavy (non-hydrogen) atoms. The van der Waals surface area contributed by atoms with Crippen LogP contribution in [0.25, 0.3) is 11.1 Å². The first-order chi connectivity index (χ1) is 21.0. The van der Waals surface area contributed by atoms with Gasteiger partial charge >= 0.3 is 11.9 Å². The van der Waals surface area contributed by atoms with E-state index < -0.39 is 24.1 Å². The molecule has 0 saturated heterocycles. The first-order valence-corrected chi connectivity index (χ1v) is 14.9. The average Bonchev–Trinajstić information content (AvgIpc) is 3.37. The van der Waals surface area contributed by atoms with Crippen LogP contribution in [0, 0.1) is 27.7 Å². The third kappa shape index (κ3) is 5.83. The van der Waals surface area contributed by atoms with E-state index in [-0.39, 0.29) is 0 Å². The Morgan fingerprint density at radius 2 is 1.18 bits per heavy atom. The molecular weight excluding hydrogens is 546 g/mol. The lowest BCUT2D eigenvalue weighted by Crippen LogP contribution is -2.15. The second-order valence-corrected chi connectivity index (χ2v) is 11.6. The Labute approximate surface area is 260 Å². The number of aryl methyl sites for hydroxylation is 4. The topological polar surface area (TPSA) is 55.8 Å². The summed E-state index contributed by atoms with van der Waals surface area (Å²) in [4.78, 5) is 26.6. The third-order valence-electron chi connectivity index (χ3n) is 8.66. The fourth-order valence-corrected chi connectivity index (χ4v) is 6.02. The summed E-state index contributed by atoms with van der Waals surface area (Å²) in [6.45, 7) is 19.3. The normalized spacial score (nSPS) is 12.9. The maximum Gasteiger partial charge on any atom is 0.330 e.